The zero-order valence-corrected chi connectivity index (χ0v) is 23.0. The predicted octanol–water partition coefficient (Wildman–Crippen LogP) is 7.20. The van der Waals surface area contributed by atoms with E-state index in [2.05, 4.69) is 29.1 Å². The first-order chi connectivity index (χ1) is 19.5. The molecule has 4 heterocycles. The highest BCUT2D eigenvalue weighted by molar-refractivity contribution is 7.14. The fourth-order valence-corrected chi connectivity index (χ4v) is 7.28. The van der Waals surface area contributed by atoms with E-state index >= 15 is 0 Å². The van der Waals surface area contributed by atoms with Crippen molar-refractivity contribution in [1.82, 2.24) is 10.1 Å². The van der Waals surface area contributed by atoms with Crippen molar-refractivity contribution in [1.29, 1.82) is 0 Å². The fraction of sp³-hybridized carbons (Fsp3) is 0.387. The summed E-state index contributed by atoms with van der Waals surface area (Å²) >= 11 is 1.51. The Kier molecular flexibility index (Phi) is 6.43. The minimum Gasteiger partial charge on any atom is -0.478 e. The van der Waals surface area contributed by atoms with E-state index in [-0.39, 0.29) is 11.7 Å². The number of aromatic nitrogens is 2. The van der Waals surface area contributed by atoms with Gasteiger partial charge in [0.2, 0.25) is 0 Å². The topological polar surface area (TPSA) is 88.7 Å². The third-order valence-electron chi connectivity index (χ3n) is 8.53. The van der Waals surface area contributed by atoms with Gasteiger partial charge >= 0.3 is 5.97 Å². The van der Waals surface area contributed by atoms with Crippen LogP contribution in [0.3, 0.4) is 0 Å². The normalized spacial score (nSPS) is 22.1. The zero-order chi connectivity index (χ0) is 27.4. The van der Waals surface area contributed by atoms with Crippen LogP contribution in [0, 0.1) is 12.7 Å². The highest BCUT2D eigenvalue weighted by Gasteiger charge is 2.43. The van der Waals surface area contributed by atoms with Crippen molar-refractivity contribution >= 4 is 22.4 Å². The molecule has 4 aromatic rings. The molecule has 1 aliphatic carbocycles. The van der Waals surface area contributed by atoms with Crippen LogP contribution in [0.2, 0.25) is 0 Å². The largest absolute Gasteiger partial charge is 0.478 e. The summed E-state index contributed by atoms with van der Waals surface area (Å²) in [5.41, 5.74) is 5.05. The molecule has 7 nitrogen and oxygen atoms in total. The number of hydrogen-bond acceptors (Lipinski definition) is 7. The Bertz CT molecular complexity index is 1560. The first-order valence-corrected chi connectivity index (χ1v) is 14.8. The van der Waals surface area contributed by atoms with Gasteiger partial charge in [-0.3, -0.25) is 0 Å². The van der Waals surface area contributed by atoms with Crippen molar-refractivity contribution in [2.24, 2.45) is 0 Å². The maximum atomic E-state index is 14.7. The van der Waals surface area contributed by atoms with Gasteiger partial charge in [-0.05, 0) is 69.2 Å². The SMILES string of the molecule is Cc1ccccc1-c1noc(C2CC2)c1CO[C@H]1C[C@H]2CC[C@@H](C1)N2c1nc(-c2ccc(C(=O)O)cc2F)cs1. The number of piperidine rings is 1. The number of anilines is 1. The van der Waals surface area contributed by atoms with Gasteiger partial charge in [-0.25, -0.2) is 14.2 Å². The minimum atomic E-state index is -1.15. The molecule has 0 radical (unpaired) electrons. The molecular formula is C31H30FN3O4S. The Labute approximate surface area is 235 Å². The monoisotopic (exact) mass is 559 g/mol. The number of thiazole rings is 1. The molecule has 1 saturated carbocycles. The van der Waals surface area contributed by atoms with Gasteiger partial charge in [0, 0.05) is 40.1 Å². The smallest absolute Gasteiger partial charge is 0.335 e. The predicted molar refractivity (Wildman–Crippen MR) is 150 cm³/mol. The average molecular weight is 560 g/mol. The van der Waals surface area contributed by atoms with E-state index in [4.69, 9.17) is 19.4 Å². The zero-order valence-electron chi connectivity index (χ0n) is 22.2. The summed E-state index contributed by atoms with van der Waals surface area (Å²) in [6, 6.07) is 12.9. The highest BCUT2D eigenvalue weighted by Crippen LogP contribution is 2.46. The summed E-state index contributed by atoms with van der Waals surface area (Å²) in [5, 5.41) is 16.4. The molecule has 3 aliphatic rings. The molecule has 2 bridgehead atoms. The van der Waals surface area contributed by atoms with Gasteiger partial charge in [0.05, 0.1) is 24.0 Å². The van der Waals surface area contributed by atoms with E-state index in [0.29, 0.717) is 35.9 Å². The average Bonchev–Trinajstić information content (AvgIpc) is 3.42. The summed E-state index contributed by atoms with van der Waals surface area (Å²) in [6.45, 7) is 2.60. The molecular weight excluding hydrogens is 529 g/mol. The van der Waals surface area contributed by atoms with Crippen LogP contribution in [0.5, 0.6) is 0 Å². The second-order valence-corrected chi connectivity index (χ2v) is 12.0. The Hall–Kier alpha value is -3.56. The van der Waals surface area contributed by atoms with Crippen LogP contribution >= 0.6 is 11.3 Å². The lowest BCUT2D eigenvalue weighted by Gasteiger charge is -2.38. The van der Waals surface area contributed by atoms with Gasteiger partial charge in [-0.15, -0.1) is 11.3 Å². The molecule has 0 unspecified atom stereocenters. The highest BCUT2D eigenvalue weighted by atomic mass is 32.1. The van der Waals surface area contributed by atoms with Gasteiger partial charge in [-0.1, -0.05) is 29.4 Å². The first kappa shape index (κ1) is 25.4. The number of carbonyl (C=O) groups is 1. The van der Waals surface area contributed by atoms with Crippen molar-refractivity contribution in [3.05, 3.63) is 76.1 Å². The standard InChI is InChI=1S/C31H30FN3O4S/c1-17-4-2-3-5-23(17)28-25(29(39-34-28)18-6-7-18)15-38-22-13-20-9-10-21(14-22)35(20)31-33-27(16-40-31)24-11-8-19(30(36)37)12-26(24)32/h2-5,8,11-12,16,18,20-22H,6-7,9-10,13-15H2,1H3,(H,36,37)/t20-,21+,22+. The van der Waals surface area contributed by atoms with Crippen LogP contribution in [0.1, 0.15) is 71.7 Å². The van der Waals surface area contributed by atoms with Crippen LogP contribution in [-0.4, -0.2) is 39.4 Å². The molecule has 2 saturated heterocycles. The molecule has 2 aromatic heterocycles. The Balaban J connectivity index is 1.06. The number of ether oxygens (including phenoxy) is 1. The van der Waals surface area contributed by atoms with Gasteiger partial charge < -0.3 is 19.3 Å². The van der Waals surface area contributed by atoms with Gasteiger partial charge in [-0.2, -0.15) is 0 Å². The lowest BCUT2D eigenvalue weighted by Crippen LogP contribution is -2.45. The number of aromatic carboxylic acids is 1. The van der Waals surface area contributed by atoms with Crippen LogP contribution < -0.4 is 4.90 Å². The van der Waals surface area contributed by atoms with Crippen LogP contribution in [0.25, 0.3) is 22.5 Å². The molecule has 0 amide bonds. The van der Waals surface area contributed by atoms with Crippen molar-refractivity contribution in [3.63, 3.8) is 0 Å². The molecule has 3 atom stereocenters. The van der Waals surface area contributed by atoms with Crippen molar-refractivity contribution < 1.29 is 23.6 Å². The van der Waals surface area contributed by atoms with Crippen molar-refractivity contribution in [3.8, 4) is 22.5 Å². The fourth-order valence-electron chi connectivity index (χ4n) is 6.32. The molecule has 40 heavy (non-hydrogen) atoms. The van der Waals surface area contributed by atoms with E-state index in [0.717, 1.165) is 72.3 Å². The number of rotatable bonds is 8. The maximum Gasteiger partial charge on any atom is 0.335 e. The third kappa shape index (κ3) is 4.61. The summed E-state index contributed by atoms with van der Waals surface area (Å²) < 4.78 is 27.1. The van der Waals surface area contributed by atoms with Crippen molar-refractivity contribution in [2.75, 3.05) is 4.90 Å². The number of carboxylic acid groups (broad SMARTS) is 1. The van der Waals surface area contributed by atoms with E-state index in [1.54, 1.807) is 0 Å². The lowest BCUT2D eigenvalue weighted by molar-refractivity contribution is 0.0147. The van der Waals surface area contributed by atoms with E-state index < -0.39 is 11.8 Å². The number of carboxylic acids is 1. The van der Waals surface area contributed by atoms with Crippen molar-refractivity contribution in [2.45, 2.75) is 76.2 Å². The summed E-state index contributed by atoms with van der Waals surface area (Å²) in [5.74, 6) is -0.287. The van der Waals surface area contributed by atoms with E-state index in [1.807, 2.05) is 17.5 Å². The van der Waals surface area contributed by atoms with E-state index in [1.165, 1.54) is 29.0 Å². The second-order valence-electron chi connectivity index (χ2n) is 11.2. The van der Waals surface area contributed by atoms with Crippen LogP contribution in [0.4, 0.5) is 9.52 Å². The molecule has 206 valence electrons. The van der Waals surface area contributed by atoms with Gasteiger partial charge in [0.1, 0.15) is 17.3 Å². The number of hydrogen-bond donors (Lipinski definition) is 1. The maximum absolute atomic E-state index is 14.7. The Morgan fingerprint density at radius 3 is 2.60 bits per heavy atom. The van der Waals surface area contributed by atoms with E-state index in [9.17, 15) is 9.18 Å². The number of benzene rings is 2. The van der Waals surface area contributed by atoms with Crippen LogP contribution in [0.15, 0.2) is 52.4 Å². The number of halogens is 1. The Morgan fingerprint density at radius 2 is 1.90 bits per heavy atom. The molecule has 2 aliphatic heterocycles. The summed E-state index contributed by atoms with van der Waals surface area (Å²) in [7, 11) is 0. The number of nitrogens with zero attached hydrogens (tertiary/aromatic N) is 3. The molecule has 0 spiro atoms. The number of fused-ring (bicyclic) bond motifs is 2. The number of aryl methyl sites for hydroxylation is 1. The molecule has 3 fully saturated rings. The quantitative estimate of drug-likeness (QED) is 0.244. The Morgan fingerprint density at radius 1 is 1.12 bits per heavy atom. The summed E-state index contributed by atoms with van der Waals surface area (Å²) in [4.78, 5) is 18.3. The summed E-state index contributed by atoms with van der Waals surface area (Å²) in [6.07, 6.45) is 6.41. The minimum absolute atomic E-state index is 0.0710. The third-order valence-corrected chi connectivity index (χ3v) is 9.38. The first-order valence-electron chi connectivity index (χ1n) is 13.9. The molecule has 2 aromatic carbocycles. The molecule has 9 heteroatoms. The van der Waals surface area contributed by atoms with Gasteiger partial charge in [0.15, 0.2) is 5.13 Å². The van der Waals surface area contributed by atoms with Crippen LogP contribution in [-0.2, 0) is 11.3 Å². The second kappa shape index (κ2) is 10.1. The molecule has 1 N–H and O–H groups in total. The van der Waals surface area contributed by atoms with Gasteiger partial charge in [0.25, 0.3) is 0 Å². The molecule has 7 rings (SSSR count). The lowest BCUT2D eigenvalue weighted by atomic mass is 9.99.